The lowest BCUT2D eigenvalue weighted by Crippen LogP contribution is -2.60. The number of nitrogens with one attached hydrogen (secondary N) is 2. The van der Waals surface area contributed by atoms with Crippen molar-refractivity contribution < 1.29 is 38.9 Å². The van der Waals surface area contributed by atoms with E-state index in [2.05, 4.69) is 10.6 Å². The molecule has 0 aromatic heterocycles. The molecule has 6 N–H and O–H groups in total. The summed E-state index contributed by atoms with van der Waals surface area (Å²) >= 11 is 0. The number of likely N-dealkylation sites (tertiary alicyclic amines) is 1. The number of ether oxygens (including phenoxy) is 2. The molecule has 0 bridgehead atoms. The molecular formula is C37H63N5O8. The van der Waals surface area contributed by atoms with Gasteiger partial charge in [-0.25, -0.2) is 0 Å². The molecule has 13 heteroatoms. The summed E-state index contributed by atoms with van der Waals surface area (Å²) in [5, 5.41) is 26.2. The van der Waals surface area contributed by atoms with E-state index in [9.17, 15) is 29.4 Å². The molecule has 0 unspecified atom stereocenters. The highest BCUT2D eigenvalue weighted by molar-refractivity contribution is 5.90. The second-order valence-electron chi connectivity index (χ2n) is 14.2. The average molecular weight is 706 g/mol. The summed E-state index contributed by atoms with van der Waals surface area (Å²) in [6, 6.07) is 5.61. The minimum absolute atomic E-state index is 0.0114. The van der Waals surface area contributed by atoms with Crippen molar-refractivity contribution in [1.29, 1.82) is 0 Å². The van der Waals surface area contributed by atoms with Crippen molar-refractivity contribution in [1.82, 2.24) is 20.4 Å². The van der Waals surface area contributed by atoms with Crippen LogP contribution in [0.3, 0.4) is 0 Å². The van der Waals surface area contributed by atoms with Gasteiger partial charge in [-0.2, -0.15) is 0 Å². The van der Waals surface area contributed by atoms with E-state index < -0.39 is 60.4 Å². The van der Waals surface area contributed by atoms with Crippen LogP contribution in [0.15, 0.2) is 30.3 Å². The molecule has 1 aromatic carbocycles. The van der Waals surface area contributed by atoms with Crippen LogP contribution in [0.1, 0.15) is 85.8 Å². The van der Waals surface area contributed by atoms with Gasteiger partial charge in [0.25, 0.3) is 0 Å². The van der Waals surface area contributed by atoms with E-state index in [0.717, 1.165) is 6.42 Å². The number of hydrogen-bond acceptors (Lipinski definition) is 9. The zero-order valence-corrected chi connectivity index (χ0v) is 31.7. The van der Waals surface area contributed by atoms with Gasteiger partial charge in [-0.3, -0.25) is 19.2 Å². The summed E-state index contributed by atoms with van der Waals surface area (Å²) in [6.45, 7) is 13.0. The van der Waals surface area contributed by atoms with Gasteiger partial charge < -0.3 is 45.9 Å². The smallest absolute Gasteiger partial charge is 0.245 e. The third-order valence-corrected chi connectivity index (χ3v) is 10.3. The monoisotopic (exact) mass is 705 g/mol. The van der Waals surface area contributed by atoms with Crippen molar-refractivity contribution in [3.05, 3.63) is 35.9 Å². The summed E-state index contributed by atoms with van der Waals surface area (Å²) in [6.07, 6.45) is -1.16. The molecule has 1 heterocycles. The first-order chi connectivity index (χ1) is 23.5. The molecule has 1 fully saturated rings. The number of rotatable bonds is 19. The fraction of sp³-hybridized carbons (Fsp3) is 0.730. The number of carbonyl (C=O) groups is 4. The number of methoxy groups -OCH3 is 2. The molecule has 0 aliphatic carbocycles. The second kappa shape index (κ2) is 20.1. The summed E-state index contributed by atoms with van der Waals surface area (Å²) in [5.74, 6) is -2.41. The molecule has 4 amide bonds. The van der Waals surface area contributed by atoms with Crippen molar-refractivity contribution in [3.63, 3.8) is 0 Å². The van der Waals surface area contributed by atoms with E-state index in [1.165, 1.54) is 21.1 Å². The van der Waals surface area contributed by atoms with Gasteiger partial charge in [-0.1, -0.05) is 71.4 Å². The lowest BCUT2D eigenvalue weighted by molar-refractivity contribution is -0.148. The van der Waals surface area contributed by atoms with Crippen LogP contribution in [0.25, 0.3) is 0 Å². The highest BCUT2D eigenvalue weighted by Crippen LogP contribution is 2.30. The molecule has 50 heavy (non-hydrogen) atoms. The number of carbonyl (C=O) groups excluding carboxylic acids is 4. The Kier molecular flexibility index (Phi) is 17.3. The molecule has 0 radical (unpaired) electrons. The summed E-state index contributed by atoms with van der Waals surface area (Å²) < 4.78 is 11.8. The number of aliphatic hydroxyl groups is 2. The molecule has 1 saturated heterocycles. The molecule has 11 atom stereocenters. The van der Waals surface area contributed by atoms with Crippen molar-refractivity contribution in [3.8, 4) is 0 Å². The van der Waals surface area contributed by atoms with Crippen molar-refractivity contribution in [2.24, 2.45) is 23.5 Å². The molecule has 1 aliphatic heterocycles. The minimum atomic E-state index is -1.19. The molecule has 1 aromatic rings. The van der Waals surface area contributed by atoms with E-state index in [0.29, 0.717) is 24.9 Å². The Bertz CT molecular complexity index is 1230. The Morgan fingerprint density at radius 2 is 1.60 bits per heavy atom. The van der Waals surface area contributed by atoms with Crippen LogP contribution in [0.4, 0.5) is 0 Å². The van der Waals surface area contributed by atoms with Crippen LogP contribution in [0.2, 0.25) is 0 Å². The van der Waals surface area contributed by atoms with Crippen molar-refractivity contribution >= 4 is 23.6 Å². The largest absolute Gasteiger partial charge is 0.391 e. The Hall–Kier alpha value is -3.10. The number of aliphatic hydroxyl groups excluding tert-OH is 2. The summed E-state index contributed by atoms with van der Waals surface area (Å²) in [4.78, 5) is 57.5. The van der Waals surface area contributed by atoms with E-state index in [4.69, 9.17) is 15.2 Å². The Morgan fingerprint density at radius 1 is 0.980 bits per heavy atom. The third kappa shape index (κ3) is 10.9. The Morgan fingerprint density at radius 3 is 2.12 bits per heavy atom. The van der Waals surface area contributed by atoms with Crippen LogP contribution in [-0.2, 0) is 28.7 Å². The van der Waals surface area contributed by atoms with Crippen LogP contribution >= 0.6 is 0 Å². The molecule has 1 aliphatic rings. The molecular weight excluding hydrogens is 642 g/mol. The predicted octanol–water partition coefficient (Wildman–Crippen LogP) is 1.99. The number of nitrogens with zero attached hydrogens (tertiary/aromatic N) is 2. The normalized spacial score (nSPS) is 20.8. The predicted molar refractivity (Wildman–Crippen MR) is 192 cm³/mol. The van der Waals surface area contributed by atoms with Crippen LogP contribution in [0.5, 0.6) is 0 Å². The van der Waals surface area contributed by atoms with Gasteiger partial charge in [0.1, 0.15) is 12.1 Å². The molecule has 284 valence electrons. The zero-order valence-electron chi connectivity index (χ0n) is 31.7. The Labute approximate surface area is 298 Å². The number of amides is 4. The molecule has 2 rings (SSSR count). The van der Waals surface area contributed by atoms with E-state index >= 15 is 0 Å². The number of nitrogens with two attached hydrogens (primary N) is 1. The number of hydrogen-bond donors (Lipinski definition) is 5. The minimum Gasteiger partial charge on any atom is -0.391 e. The van der Waals surface area contributed by atoms with Gasteiger partial charge in [-0.15, -0.1) is 0 Å². The second-order valence-corrected chi connectivity index (χ2v) is 14.2. The van der Waals surface area contributed by atoms with Gasteiger partial charge in [0, 0.05) is 27.8 Å². The highest BCUT2D eigenvalue weighted by atomic mass is 16.5. The quantitative estimate of drug-likeness (QED) is 0.144. The summed E-state index contributed by atoms with van der Waals surface area (Å²) in [7, 11) is 4.71. The third-order valence-electron chi connectivity index (χ3n) is 10.3. The fourth-order valence-electron chi connectivity index (χ4n) is 6.88. The fourth-order valence-corrected chi connectivity index (χ4v) is 6.88. The molecule has 13 nitrogen and oxygen atoms in total. The first-order valence-electron chi connectivity index (χ1n) is 17.9. The van der Waals surface area contributed by atoms with Gasteiger partial charge in [0.15, 0.2) is 0 Å². The van der Waals surface area contributed by atoms with Gasteiger partial charge in [0.2, 0.25) is 23.6 Å². The summed E-state index contributed by atoms with van der Waals surface area (Å²) in [5.41, 5.74) is 6.54. The maximum absolute atomic E-state index is 14.1. The van der Waals surface area contributed by atoms with Crippen LogP contribution < -0.4 is 16.4 Å². The van der Waals surface area contributed by atoms with Gasteiger partial charge in [0.05, 0.1) is 54.9 Å². The van der Waals surface area contributed by atoms with Gasteiger partial charge >= 0.3 is 0 Å². The molecule has 0 saturated carbocycles. The topological polar surface area (TPSA) is 184 Å². The van der Waals surface area contributed by atoms with Gasteiger partial charge in [-0.05, 0) is 44.1 Å². The van der Waals surface area contributed by atoms with Crippen molar-refractivity contribution in [2.75, 3.05) is 27.8 Å². The number of likely N-dealkylation sites (N-methyl/N-ethyl adjacent to an activating group) is 1. The average Bonchev–Trinajstić information content (AvgIpc) is 3.58. The lowest BCUT2D eigenvalue weighted by atomic mass is 9.89. The number of benzene rings is 1. The van der Waals surface area contributed by atoms with E-state index in [1.807, 2.05) is 45.9 Å². The lowest BCUT2D eigenvalue weighted by Gasteiger charge is -2.41. The van der Waals surface area contributed by atoms with E-state index in [-0.39, 0.29) is 42.0 Å². The SMILES string of the molecule is CC[C@H](C)[C@@H]([C@@H](CC(=O)N1CCC[C@H]1[C@H](OC)[C@@H](C)C(=O)N[C@H](C)[C@@H](O)c1ccccc1)OC)N(C)C(=O)[C@@H](NC(=O)[C@H](N)[C@H](C)O)C(C)C. The zero-order chi connectivity index (χ0) is 37.9. The molecule has 0 spiro atoms. The van der Waals surface area contributed by atoms with Crippen LogP contribution in [0, 0.1) is 17.8 Å². The first-order valence-corrected chi connectivity index (χ1v) is 17.9. The van der Waals surface area contributed by atoms with Crippen LogP contribution in [-0.4, -0.2) is 120 Å². The maximum atomic E-state index is 14.1. The Balaban J connectivity index is 2.23. The van der Waals surface area contributed by atoms with E-state index in [1.54, 1.807) is 42.8 Å². The standard InChI is InChI=1S/C37H63N5O8/c1-11-22(4)32(41(8)37(48)31(21(2)3)40-36(47)30(38)25(7)43)28(49-9)20-29(44)42-19-15-18-27(42)34(50-10)23(5)35(46)39-24(6)33(45)26-16-13-12-14-17-26/h12-14,16-17,21-25,27-28,30-34,43,45H,11,15,18-20,38H2,1-10H3,(H,39,46)(H,40,47)/t22-,23+,24+,25-,27-,28+,30+,31-,32-,33+,34+/m0/s1. The maximum Gasteiger partial charge on any atom is 0.245 e. The highest BCUT2D eigenvalue weighted by Gasteiger charge is 2.43. The van der Waals surface area contributed by atoms with Crippen molar-refractivity contribution in [2.45, 2.75) is 129 Å². The first kappa shape index (κ1) is 43.1.